The molecule has 216 valence electrons. The van der Waals surface area contributed by atoms with Crippen LogP contribution in [-0.2, 0) is 0 Å². The summed E-state index contributed by atoms with van der Waals surface area (Å²) >= 11 is 0. The summed E-state index contributed by atoms with van der Waals surface area (Å²) in [6, 6.07) is 56.9. The monoisotopic (exact) mass is 581 g/mol. The summed E-state index contributed by atoms with van der Waals surface area (Å²) in [5.41, 5.74) is 9.80. The summed E-state index contributed by atoms with van der Waals surface area (Å²) in [5, 5.41) is 7.41. The van der Waals surface area contributed by atoms with E-state index in [2.05, 4.69) is 155 Å². The average Bonchev–Trinajstić information content (AvgIpc) is 3.53. The molecule has 0 spiro atoms. The van der Waals surface area contributed by atoms with Gasteiger partial charge in [0.15, 0.2) is 0 Å². The van der Waals surface area contributed by atoms with Crippen LogP contribution >= 0.6 is 0 Å². The molecule has 0 fully saturated rings. The third-order valence-corrected chi connectivity index (χ3v) is 8.30. The van der Waals surface area contributed by atoms with E-state index >= 15 is 0 Å². The Kier molecular flexibility index (Phi) is 6.98. The number of aliphatic imine (C=N–C) groups is 1. The fourth-order valence-electron chi connectivity index (χ4n) is 6.05. The van der Waals surface area contributed by atoms with E-state index in [9.17, 15) is 0 Å². The Morgan fingerprint density at radius 1 is 0.511 bits per heavy atom. The van der Waals surface area contributed by atoms with Gasteiger partial charge in [0.1, 0.15) is 24.0 Å². The lowest BCUT2D eigenvalue weighted by Gasteiger charge is -2.32. The zero-order chi connectivity index (χ0) is 30.0. The predicted octanol–water partition coefficient (Wildman–Crippen LogP) is 8.70. The van der Waals surface area contributed by atoms with Gasteiger partial charge in [-0.2, -0.15) is 0 Å². The second-order valence-electron chi connectivity index (χ2n) is 11.2. The van der Waals surface area contributed by atoms with E-state index in [0.717, 1.165) is 50.6 Å². The number of fused-ring (bicyclic) bond motifs is 1. The Hall–Kier alpha value is -5.78. The van der Waals surface area contributed by atoms with Gasteiger partial charge in [-0.25, -0.2) is 9.98 Å². The van der Waals surface area contributed by atoms with Crippen molar-refractivity contribution >= 4 is 16.9 Å². The molecule has 2 unspecified atom stereocenters. The summed E-state index contributed by atoms with van der Waals surface area (Å²) in [5.74, 6) is 1.76. The first-order chi connectivity index (χ1) is 22.3. The number of benzene rings is 6. The van der Waals surface area contributed by atoms with Crippen LogP contribution in [-0.4, -0.2) is 15.4 Å². The SMILES string of the molecule is c1ccc(-c2ccc(C3=NC(c4cccc(-c5nc6ccccc6n5-c5ccccc5)c4)NC(c4ccccc4)N3)cc2)cc1. The maximum Gasteiger partial charge on any atom is 0.145 e. The molecule has 1 aliphatic rings. The largest absolute Gasteiger partial charge is 0.350 e. The number of imidazole rings is 1. The molecule has 7 aromatic rings. The summed E-state index contributed by atoms with van der Waals surface area (Å²) < 4.78 is 2.24. The average molecular weight is 582 g/mol. The second-order valence-corrected chi connectivity index (χ2v) is 11.2. The molecule has 5 heteroatoms. The van der Waals surface area contributed by atoms with Gasteiger partial charge in [-0.3, -0.25) is 9.88 Å². The van der Waals surface area contributed by atoms with Crippen molar-refractivity contribution in [3.8, 4) is 28.2 Å². The number of hydrogen-bond acceptors (Lipinski definition) is 4. The molecule has 0 saturated heterocycles. The summed E-state index contributed by atoms with van der Waals surface area (Å²) in [6.07, 6.45) is -0.384. The van der Waals surface area contributed by atoms with E-state index in [1.165, 1.54) is 11.1 Å². The Bertz CT molecular complexity index is 2100. The van der Waals surface area contributed by atoms with Crippen LogP contribution in [0.25, 0.3) is 39.2 Å². The smallest absolute Gasteiger partial charge is 0.145 e. The minimum atomic E-state index is -0.269. The quantitative estimate of drug-likeness (QED) is 0.207. The Morgan fingerprint density at radius 2 is 1.11 bits per heavy atom. The van der Waals surface area contributed by atoms with Crippen LogP contribution in [0, 0.1) is 0 Å². The molecule has 8 rings (SSSR count). The molecule has 0 radical (unpaired) electrons. The normalized spacial score (nSPS) is 16.2. The Morgan fingerprint density at radius 3 is 1.89 bits per heavy atom. The molecule has 2 atom stereocenters. The molecule has 2 heterocycles. The van der Waals surface area contributed by atoms with Crippen molar-refractivity contribution in [2.75, 3.05) is 0 Å². The molecule has 45 heavy (non-hydrogen) atoms. The van der Waals surface area contributed by atoms with E-state index in [1.54, 1.807) is 0 Å². The molecule has 0 amide bonds. The van der Waals surface area contributed by atoms with Gasteiger partial charge in [-0.05, 0) is 52.6 Å². The molecule has 0 aliphatic carbocycles. The highest BCUT2D eigenvalue weighted by atomic mass is 15.3. The fourth-order valence-corrected chi connectivity index (χ4v) is 6.05. The highest BCUT2D eigenvalue weighted by molar-refractivity contribution is 6.00. The molecule has 0 saturated carbocycles. The zero-order valence-electron chi connectivity index (χ0n) is 24.6. The van der Waals surface area contributed by atoms with E-state index in [1.807, 2.05) is 24.3 Å². The minimum absolute atomic E-state index is 0.116. The standard InChI is InChI=1S/C40H31N5/c1-4-13-28(14-5-1)29-23-25-31(26-24-29)38-42-37(30-15-6-2-7-16-30)43-39(44-38)32-17-12-18-33(27-32)40-41-35-21-10-11-22-36(35)45(40)34-19-8-3-9-20-34/h1-27,37,39,43H,(H,42,44). The minimum Gasteiger partial charge on any atom is -0.350 e. The number of hydrogen-bond donors (Lipinski definition) is 2. The number of nitrogens with one attached hydrogen (secondary N) is 2. The number of aromatic nitrogens is 2. The topological polar surface area (TPSA) is 54.2 Å². The number of para-hydroxylation sites is 3. The molecule has 6 aromatic carbocycles. The lowest BCUT2D eigenvalue weighted by molar-refractivity contribution is 0.409. The third kappa shape index (κ3) is 5.30. The van der Waals surface area contributed by atoms with Crippen molar-refractivity contribution in [3.63, 3.8) is 0 Å². The van der Waals surface area contributed by atoms with Crippen LogP contribution in [0.1, 0.15) is 29.0 Å². The lowest BCUT2D eigenvalue weighted by atomic mass is 10.0. The van der Waals surface area contributed by atoms with Crippen molar-refractivity contribution in [2.45, 2.75) is 12.3 Å². The molecule has 2 N–H and O–H groups in total. The van der Waals surface area contributed by atoms with Gasteiger partial charge in [0.05, 0.1) is 11.0 Å². The maximum absolute atomic E-state index is 5.23. The second kappa shape index (κ2) is 11.7. The van der Waals surface area contributed by atoms with Crippen LogP contribution in [0.3, 0.4) is 0 Å². The Balaban J connectivity index is 1.20. The van der Waals surface area contributed by atoms with Gasteiger partial charge in [0.2, 0.25) is 0 Å². The summed E-state index contributed by atoms with van der Waals surface area (Å²) in [7, 11) is 0. The zero-order valence-corrected chi connectivity index (χ0v) is 24.6. The van der Waals surface area contributed by atoms with Crippen molar-refractivity contribution in [3.05, 3.63) is 180 Å². The van der Waals surface area contributed by atoms with Crippen LogP contribution in [0.15, 0.2) is 169 Å². The molecular weight excluding hydrogens is 550 g/mol. The van der Waals surface area contributed by atoms with Gasteiger partial charge in [-0.15, -0.1) is 0 Å². The maximum atomic E-state index is 5.23. The van der Waals surface area contributed by atoms with Crippen molar-refractivity contribution < 1.29 is 0 Å². The molecule has 1 aromatic heterocycles. The van der Waals surface area contributed by atoms with E-state index < -0.39 is 0 Å². The first-order valence-corrected chi connectivity index (χ1v) is 15.2. The van der Waals surface area contributed by atoms with Gasteiger partial charge < -0.3 is 5.32 Å². The van der Waals surface area contributed by atoms with Crippen molar-refractivity contribution in [2.24, 2.45) is 4.99 Å². The highest BCUT2D eigenvalue weighted by Gasteiger charge is 2.26. The predicted molar refractivity (Wildman–Crippen MR) is 183 cm³/mol. The first kappa shape index (κ1) is 26.8. The Labute approximate surface area is 262 Å². The molecule has 5 nitrogen and oxygen atoms in total. The third-order valence-electron chi connectivity index (χ3n) is 8.30. The van der Waals surface area contributed by atoms with E-state index in [4.69, 9.17) is 9.98 Å². The first-order valence-electron chi connectivity index (χ1n) is 15.2. The number of nitrogens with zero attached hydrogens (tertiary/aromatic N) is 3. The van der Waals surface area contributed by atoms with Crippen LogP contribution in [0.2, 0.25) is 0 Å². The fraction of sp³-hybridized carbons (Fsp3) is 0.0500. The van der Waals surface area contributed by atoms with E-state index in [0.29, 0.717) is 0 Å². The summed E-state index contributed by atoms with van der Waals surface area (Å²) in [6.45, 7) is 0. The van der Waals surface area contributed by atoms with Gasteiger partial charge >= 0.3 is 0 Å². The van der Waals surface area contributed by atoms with Crippen molar-refractivity contribution in [1.82, 2.24) is 20.2 Å². The molecular formula is C40H31N5. The number of rotatable bonds is 6. The van der Waals surface area contributed by atoms with Crippen LogP contribution in [0.5, 0.6) is 0 Å². The van der Waals surface area contributed by atoms with Crippen molar-refractivity contribution in [1.29, 1.82) is 0 Å². The number of amidine groups is 1. The van der Waals surface area contributed by atoms with Gasteiger partial charge in [-0.1, -0.05) is 133 Å². The van der Waals surface area contributed by atoms with Gasteiger partial charge in [0.25, 0.3) is 0 Å². The molecule has 1 aliphatic heterocycles. The van der Waals surface area contributed by atoms with Crippen LogP contribution in [0.4, 0.5) is 0 Å². The van der Waals surface area contributed by atoms with Crippen LogP contribution < -0.4 is 10.6 Å². The van der Waals surface area contributed by atoms with Gasteiger partial charge in [0, 0.05) is 16.8 Å². The highest BCUT2D eigenvalue weighted by Crippen LogP contribution is 2.32. The summed E-state index contributed by atoms with van der Waals surface area (Å²) in [4.78, 5) is 10.3. The lowest BCUT2D eigenvalue weighted by Crippen LogP contribution is -2.44. The molecule has 0 bridgehead atoms. The van der Waals surface area contributed by atoms with E-state index in [-0.39, 0.29) is 12.3 Å².